The van der Waals surface area contributed by atoms with Crippen LogP contribution < -0.4 is 10.1 Å². The predicted molar refractivity (Wildman–Crippen MR) is 72.5 cm³/mol. The highest BCUT2D eigenvalue weighted by Crippen LogP contribution is 2.11. The molecular weight excluding hydrogens is 244 g/mol. The molecule has 1 saturated heterocycles. The first-order valence-electron chi connectivity index (χ1n) is 6.55. The van der Waals surface area contributed by atoms with E-state index in [-0.39, 0.29) is 6.09 Å². The van der Waals surface area contributed by atoms with Gasteiger partial charge in [-0.15, -0.1) is 0 Å². The molecule has 104 valence electrons. The highest BCUT2D eigenvalue weighted by molar-refractivity contribution is 5.67. The first kappa shape index (κ1) is 13.7. The summed E-state index contributed by atoms with van der Waals surface area (Å²) in [4.78, 5) is 13.5. The highest BCUT2D eigenvalue weighted by atomic mass is 16.6. The zero-order valence-corrected chi connectivity index (χ0v) is 11.2. The molecule has 1 aromatic rings. The number of amides is 1. The van der Waals surface area contributed by atoms with Crippen LogP contribution in [0.5, 0.6) is 5.75 Å². The minimum absolute atomic E-state index is 0.213. The summed E-state index contributed by atoms with van der Waals surface area (Å²) in [6.45, 7) is 3.54. The fourth-order valence-electron chi connectivity index (χ4n) is 1.99. The molecule has 1 fully saturated rings. The van der Waals surface area contributed by atoms with Crippen molar-refractivity contribution in [3.8, 4) is 5.75 Å². The highest BCUT2D eigenvalue weighted by Gasteiger charge is 2.16. The van der Waals surface area contributed by atoms with E-state index in [1.807, 2.05) is 24.3 Å². The number of nitrogens with one attached hydrogen (secondary N) is 1. The second-order valence-corrected chi connectivity index (χ2v) is 4.45. The molecule has 1 aliphatic rings. The first-order chi connectivity index (χ1) is 9.29. The van der Waals surface area contributed by atoms with Gasteiger partial charge < -0.3 is 19.7 Å². The molecule has 0 atom stereocenters. The Balaban J connectivity index is 1.71. The lowest BCUT2D eigenvalue weighted by Gasteiger charge is -2.26. The molecule has 1 heterocycles. The van der Waals surface area contributed by atoms with E-state index in [9.17, 15) is 4.79 Å². The summed E-state index contributed by atoms with van der Waals surface area (Å²) in [6.07, 6.45) is 0.511. The van der Waals surface area contributed by atoms with Crippen molar-refractivity contribution in [2.24, 2.45) is 0 Å². The molecule has 0 unspecified atom stereocenters. The van der Waals surface area contributed by atoms with E-state index in [2.05, 4.69) is 5.32 Å². The Hall–Kier alpha value is -1.75. The Morgan fingerprint density at radius 2 is 1.95 bits per heavy atom. The number of piperazine rings is 1. The van der Waals surface area contributed by atoms with Crippen molar-refractivity contribution >= 4 is 6.09 Å². The number of nitrogens with zero attached hydrogens (tertiary/aromatic N) is 1. The monoisotopic (exact) mass is 264 g/mol. The second-order valence-electron chi connectivity index (χ2n) is 4.45. The zero-order valence-electron chi connectivity index (χ0n) is 11.2. The number of carbonyl (C=O) groups excluding carboxylic acids is 1. The van der Waals surface area contributed by atoms with Crippen molar-refractivity contribution < 1.29 is 14.3 Å². The van der Waals surface area contributed by atoms with Crippen LogP contribution in [-0.4, -0.2) is 50.9 Å². The quantitative estimate of drug-likeness (QED) is 0.890. The van der Waals surface area contributed by atoms with E-state index >= 15 is 0 Å². The Labute approximate surface area is 113 Å². The van der Waals surface area contributed by atoms with Crippen LogP contribution in [0.1, 0.15) is 5.56 Å². The van der Waals surface area contributed by atoms with Gasteiger partial charge in [-0.1, -0.05) is 12.1 Å². The van der Waals surface area contributed by atoms with Crippen LogP contribution in [0.2, 0.25) is 0 Å². The van der Waals surface area contributed by atoms with Crippen molar-refractivity contribution in [3.63, 3.8) is 0 Å². The topological polar surface area (TPSA) is 50.8 Å². The fraction of sp³-hybridized carbons (Fsp3) is 0.500. The maximum Gasteiger partial charge on any atom is 0.409 e. The maximum absolute atomic E-state index is 11.7. The van der Waals surface area contributed by atoms with Crippen molar-refractivity contribution in [2.45, 2.75) is 6.42 Å². The molecule has 1 amide bonds. The van der Waals surface area contributed by atoms with E-state index in [0.29, 0.717) is 6.61 Å². The Kier molecular flexibility index (Phi) is 5.03. The van der Waals surface area contributed by atoms with Gasteiger partial charge in [0.15, 0.2) is 0 Å². The maximum atomic E-state index is 11.7. The summed E-state index contributed by atoms with van der Waals surface area (Å²) >= 11 is 0. The molecule has 2 rings (SSSR count). The average Bonchev–Trinajstić information content (AvgIpc) is 2.49. The fourth-order valence-corrected chi connectivity index (χ4v) is 1.99. The SMILES string of the molecule is COc1ccc(CCOC(=O)N2CCNCC2)cc1. The van der Waals surface area contributed by atoms with E-state index in [0.717, 1.165) is 43.9 Å². The first-order valence-corrected chi connectivity index (χ1v) is 6.55. The van der Waals surface area contributed by atoms with Gasteiger partial charge in [-0.2, -0.15) is 0 Å². The number of ether oxygens (including phenoxy) is 2. The third kappa shape index (κ3) is 4.13. The lowest BCUT2D eigenvalue weighted by Crippen LogP contribution is -2.46. The van der Waals surface area contributed by atoms with Gasteiger partial charge in [-0.25, -0.2) is 4.79 Å². The number of hydrogen-bond donors (Lipinski definition) is 1. The second kappa shape index (κ2) is 6.99. The van der Waals surface area contributed by atoms with E-state index in [1.165, 1.54) is 0 Å². The van der Waals surface area contributed by atoms with Crippen LogP contribution in [0.4, 0.5) is 4.79 Å². The molecular formula is C14H20N2O3. The number of carbonyl (C=O) groups is 1. The van der Waals surface area contributed by atoms with Crippen LogP contribution in [0.3, 0.4) is 0 Å². The van der Waals surface area contributed by atoms with Crippen LogP contribution in [-0.2, 0) is 11.2 Å². The molecule has 0 spiro atoms. The van der Waals surface area contributed by atoms with E-state index in [4.69, 9.17) is 9.47 Å². The molecule has 0 aliphatic carbocycles. The van der Waals surface area contributed by atoms with E-state index in [1.54, 1.807) is 12.0 Å². The Morgan fingerprint density at radius 3 is 2.58 bits per heavy atom. The summed E-state index contributed by atoms with van der Waals surface area (Å²) < 4.78 is 10.4. The lowest BCUT2D eigenvalue weighted by molar-refractivity contribution is 0.0986. The van der Waals surface area contributed by atoms with Gasteiger partial charge in [0.2, 0.25) is 0 Å². The summed E-state index contributed by atoms with van der Waals surface area (Å²) in [5.74, 6) is 0.835. The largest absolute Gasteiger partial charge is 0.497 e. The van der Waals surface area contributed by atoms with Gasteiger partial charge in [0.05, 0.1) is 13.7 Å². The Bertz CT molecular complexity index is 400. The summed E-state index contributed by atoms with van der Waals surface area (Å²) in [5.41, 5.74) is 1.13. The van der Waals surface area contributed by atoms with Gasteiger partial charge in [-0.3, -0.25) is 0 Å². The molecule has 1 aromatic carbocycles. The molecule has 0 bridgehead atoms. The molecule has 19 heavy (non-hydrogen) atoms. The van der Waals surface area contributed by atoms with Gasteiger partial charge in [0.1, 0.15) is 5.75 Å². The predicted octanol–water partition coefficient (Wildman–Crippen LogP) is 1.28. The minimum Gasteiger partial charge on any atom is -0.497 e. The van der Waals surface area contributed by atoms with Crippen molar-refractivity contribution in [1.29, 1.82) is 0 Å². The molecule has 0 saturated carbocycles. The van der Waals surface area contributed by atoms with Gasteiger partial charge in [-0.05, 0) is 17.7 Å². The number of benzene rings is 1. The van der Waals surface area contributed by atoms with Crippen molar-refractivity contribution in [2.75, 3.05) is 39.9 Å². The summed E-state index contributed by atoms with van der Waals surface area (Å²) in [7, 11) is 1.64. The van der Waals surface area contributed by atoms with E-state index < -0.39 is 0 Å². The van der Waals surface area contributed by atoms with Gasteiger partial charge in [0, 0.05) is 32.6 Å². The standard InChI is InChI=1S/C14H20N2O3/c1-18-13-4-2-12(3-5-13)6-11-19-14(17)16-9-7-15-8-10-16/h2-5,15H,6-11H2,1H3. The Morgan fingerprint density at radius 1 is 1.26 bits per heavy atom. The molecule has 5 heteroatoms. The zero-order chi connectivity index (χ0) is 13.5. The van der Waals surface area contributed by atoms with Crippen LogP contribution >= 0.6 is 0 Å². The average molecular weight is 264 g/mol. The molecule has 5 nitrogen and oxygen atoms in total. The summed E-state index contributed by atoms with van der Waals surface area (Å²) in [6, 6.07) is 7.79. The van der Waals surface area contributed by atoms with Crippen LogP contribution in [0.15, 0.2) is 24.3 Å². The molecule has 1 aliphatic heterocycles. The normalized spacial score (nSPS) is 15.1. The lowest BCUT2D eigenvalue weighted by atomic mass is 10.1. The molecule has 0 aromatic heterocycles. The summed E-state index contributed by atoms with van der Waals surface area (Å²) in [5, 5.41) is 3.20. The molecule has 1 N–H and O–H groups in total. The number of hydrogen-bond acceptors (Lipinski definition) is 4. The van der Waals surface area contributed by atoms with Crippen molar-refractivity contribution in [1.82, 2.24) is 10.2 Å². The smallest absolute Gasteiger partial charge is 0.409 e. The van der Waals surface area contributed by atoms with Crippen LogP contribution in [0, 0.1) is 0 Å². The van der Waals surface area contributed by atoms with Gasteiger partial charge >= 0.3 is 6.09 Å². The third-order valence-corrected chi connectivity index (χ3v) is 3.15. The number of methoxy groups -OCH3 is 1. The minimum atomic E-state index is -0.213. The third-order valence-electron chi connectivity index (χ3n) is 3.15. The number of rotatable bonds is 4. The molecule has 0 radical (unpaired) electrons. The van der Waals surface area contributed by atoms with Crippen molar-refractivity contribution in [3.05, 3.63) is 29.8 Å². The van der Waals surface area contributed by atoms with Gasteiger partial charge in [0.25, 0.3) is 0 Å². The van der Waals surface area contributed by atoms with Crippen LogP contribution in [0.25, 0.3) is 0 Å².